The third-order valence-corrected chi connectivity index (χ3v) is 2.49. The van der Waals surface area contributed by atoms with Crippen molar-refractivity contribution < 1.29 is 9.59 Å². The molecule has 76 valence electrons. The van der Waals surface area contributed by atoms with E-state index in [4.69, 9.17) is 0 Å². The first-order valence-corrected chi connectivity index (χ1v) is 5.35. The fraction of sp³-hybridized carbons (Fsp3) is 0.400. The zero-order valence-electron chi connectivity index (χ0n) is 8.24. The molecule has 1 aromatic rings. The SMILES string of the molecule is CC(C)CNC(=O)C(=O)c1cccs1. The molecule has 1 rings (SSSR count). The molecule has 0 aromatic carbocycles. The molecule has 0 saturated carbocycles. The van der Waals surface area contributed by atoms with Crippen LogP contribution in [0.3, 0.4) is 0 Å². The Morgan fingerprint density at radius 3 is 2.71 bits per heavy atom. The van der Waals surface area contributed by atoms with Gasteiger partial charge < -0.3 is 5.32 Å². The molecule has 0 atom stereocenters. The van der Waals surface area contributed by atoms with Crippen LogP contribution in [0.1, 0.15) is 23.5 Å². The van der Waals surface area contributed by atoms with Gasteiger partial charge in [0.25, 0.3) is 11.7 Å². The van der Waals surface area contributed by atoms with E-state index in [-0.39, 0.29) is 0 Å². The van der Waals surface area contributed by atoms with Crippen LogP contribution in [0.25, 0.3) is 0 Å². The summed E-state index contributed by atoms with van der Waals surface area (Å²) in [5.41, 5.74) is 0. The van der Waals surface area contributed by atoms with Crippen LogP contribution in [0.5, 0.6) is 0 Å². The zero-order valence-corrected chi connectivity index (χ0v) is 9.06. The normalized spacial score (nSPS) is 10.2. The molecule has 1 amide bonds. The molecule has 0 aliphatic heterocycles. The van der Waals surface area contributed by atoms with Crippen molar-refractivity contribution in [1.29, 1.82) is 0 Å². The summed E-state index contributed by atoms with van der Waals surface area (Å²) in [7, 11) is 0. The first kappa shape index (κ1) is 10.9. The van der Waals surface area contributed by atoms with Gasteiger partial charge in [-0.2, -0.15) is 0 Å². The van der Waals surface area contributed by atoms with Gasteiger partial charge in [-0.3, -0.25) is 9.59 Å². The maximum absolute atomic E-state index is 11.4. The summed E-state index contributed by atoms with van der Waals surface area (Å²) in [6, 6.07) is 3.41. The summed E-state index contributed by atoms with van der Waals surface area (Å²) in [4.78, 5) is 23.2. The smallest absolute Gasteiger partial charge is 0.293 e. The maximum atomic E-state index is 11.4. The molecule has 3 nitrogen and oxygen atoms in total. The van der Waals surface area contributed by atoms with E-state index < -0.39 is 11.7 Å². The molecule has 1 N–H and O–H groups in total. The minimum atomic E-state index is -0.513. The molecule has 0 bridgehead atoms. The summed E-state index contributed by atoms with van der Waals surface area (Å²) in [6.45, 7) is 4.50. The van der Waals surface area contributed by atoms with Crippen LogP contribution in [0.2, 0.25) is 0 Å². The average molecular weight is 211 g/mol. The molecule has 1 aromatic heterocycles. The van der Waals surface area contributed by atoms with Gasteiger partial charge in [0.15, 0.2) is 0 Å². The molecule has 0 aliphatic rings. The van der Waals surface area contributed by atoms with Gasteiger partial charge in [-0.15, -0.1) is 11.3 Å². The van der Waals surface area contributed by atoms with Crippen molar-refractivity contribution in [3.05, 3.63) is 22.4 Å². The molecule has 0 spiro atoms. The zero-order chi connectivity index (χ0) is 10.6. The van der Waals surface area contributed by atoms with Crippen LogP contribution in [-0.4, -0.2) is 18.2 Å². The number of nitrogens with one attached hydrogen (secondary N) is 1. The molecule has 0 aliphatic carbocycles. The number of carbonyl (C=O) groups excluding carboxylic acids is 2. The van der Waals surface area contributed by atoms with Crippen molar-refractivity contribution in [1.82, 2.24) is 5.32 Å². The standard InChI is InChI=1S/C10H13NO2S/c1-7(2)6-11-10(13)9(12)8-4-3-5-14-8/h3-5,7H,6H2,1-2H3,(H,11,13). The second-order valence-electron chi connectivity index (χ2n) is 3.41. The van der Waals surface area contributed by atoms with Crippen molar-refractivity contribution in [2.45, 2.75) is 13.8 Å². The highest BCUT2D eigenvalue weighted by atomic mass is 32.1. The number of thiophene rings is 1. The predicted octanol–water partition coefficient (Wildman–Crippen LogP) is 1.70. The van der Waals surface area contributed by atoms with Gasteiger partial charge in [0.2, 0.25) is 0 Å². The van der Waals surface area contributed by atoms with Crippen LogP contribution in [0.15, 0.2) is 17.5 Å². The number of ketones is 1. The van der Waals surface area contributed by atoms with Crippen molar-refractivity contribution >= 4 is 23.0 Å². The van der Waals surface area contributed by atoms with Gasteiger partial charge in [0, 0.05) is 6.54 Å². The van der Waals surface area contributed by atoms with Gasteiger partial charge in [0.05, 0.1) is 4.88 Å². The molecule has 0 fully saturated rings. The highest BCUT2D eigenvalue weighted by Crippen LogP contribution is 2.09. The Bertz CT molecular complexity index is 317. The Morgan fingerprint density at radius 2 is 2.21 bits per heavy atom. The number of Topliss-reactive ketones (excluding diaryl/α,β-unsaturated/α-hetero) is 1. The van der Waals surface area contributed by atoms with E-state index in [9.17, 15) is 9.59 Å². The lowest BCUT2D eigenvalue weighted by atomic mass is 10.2. The molecular weight excluding hydrogens is 198 g/mol. The van der Waals surface area contributed by atoms with E-state index >= 15 is 0 Å². The van der Waals surface area contributed by atoms with Crippen LogP contribution in [0.4, 0.5) is 0 Å². The van der Waals surface area contributed by atoms with Crippen LogP contribution in [-0.2, 0) is 4.79 Å². The van der Waals surface area contributed by atoms with Gasteiger partial charge in [0.1, 0.15) is 0 Å². The minimum Gasteiger partial charge on any atom is -0.349 e. The quantitative estimate of drug-likeness (QED) is 0.608. The Hall–Kier alpha value is -1.16. The average Bonchev–Trinajstić information content (AvgIpc) is 2.65. The van der Waals surface area contributed by atoms with Gasteiger partial charge in [-0.25, -0.2) is 0 Å². The maximum Gasteiger partial charge on any atom is 0.293 e. The number of rotatable bonds is 4. The monoisotopic (exact) mass is 211 g/mol. The van der Waals surface area contributed by atoms with Crippen molar-refractivity contribution in [2.24, 2.45) is 5.92 Å². The van der Waals surface area contributed by atoms with Crippen molar-refractivity contribution in [3.63, 3.8) is 0 Å². The second kappa shape index (κ2) is 4.91. The lowest BCUT2D eigenvalue weighted by Crippen LogP contribution is -2.33. The molecule has 1 heterocycles. The largest absolute Gasteiger partial charge is 0.349 e. The molecular formula is C10H13NO2S. The van der Waals surface area contributed by atoms with Crippen LogP contribution >= 0.6 is 11.3 Å². The molecule has 4 heteroatoms. The fourth-order valence-corrected chi connectivity index (χ4v) is 1.56. The topological polar surface area (TPSA) is 46.2 Å². The van der Waals surface area contributed by atoms with E-state index in [0.29, 0.717) is 17.3 Å². The lowest BCUT2D eigenvalue weighted by Gasteiger charge is -2.05. The predicted molar refractivity (Wildman–Crippen MR) is 56.5 cm³/mol. The Kier molecular flexibility index (Phi) is 3.83. The minimum absolute atomic E-state index is 0.357. The Morgan fingerprint density at radius 1 is 1.50 bits per heavy atom. The van der Waals surface area contributed by atoms with Crippen molar-refractivity contribution in [3.8, 4) is 0 Å². The van der Waals surface area contributed by atoms with Crippen molar-refractivity contribution in [2.75, 3.05) is 6.54 Å². The van der Waals surface area contributed by atoms with E-state index in [2.05, 4.69) is 5.32 Å². The highest BCUT2D eigenvalue weighted by molar-refractivity contribution is 7.13. The van der Waals surface area contributed by atoms with Crippen LogP contribution in [0, 0.1) is 5.92 Å². The summed E-state index contributed by atoms with van der Waals surface area (Å²) in [6.07, 6.45) is 0. The van der Waals surface area contributed by atoms with E-state index in [1.54, 1.807) is 17.5 Å². The lowest BCUT2D eigenvalue weighted by molar-refractivity contribution is -0.117. The highest BCUT2D eigenvalue weighted by Gasteiger charge is 2.16. The fourth-order valence-electron chi connectivity index (χ4n) is 0.897. The van der Waals surface area contributed by atoms with Gasteiger partial charge in [-0.1, -0.05) is 19.9 Å². The Balaban J connectivity index is 2.50. The second-order valence-corrected chi connectivity index (χ2v) is 4.36. The number of carbonyl (C=O) groups is 2. The van der Waals surface area contributed by atoms with Crippen LogP contribution < -0.4 is 5.32 Å². The molecule has 14 heavy (non-hydrogen) atoms. The Labute approximate surface area is 87.1 Å². The summed E-state index contributed by atoms with van der Waals surface area (Å²) in [5, 5.41) is 4.37. The van der Waals surface area contributed by atoms with E-state index in [1.165, 1.54) is 11.3 Å². The van der Waals surface area contributed by atoms with E-state index in [1.807, 2.05) is 13.8 Å². The van der Waals surface area contributed by atoms with Gasteiger partial charge in [-0.05, 0) is 17.4 Å². The molecule has 0 saturated heterocycles. The number of amides is 1. The van der Waals surface area contributed by atoms with E-state index in [0.717, 1.165) is 0 Å². The van der Waals surface area contributed by atoms with Gasteiger partial charge >= 0.3 is 0 Å². The summed E-state index contributed by atoms with van der Waals surface area (Å²) >= 11 is 1.28. The first-order chi connectivity index (χ1) is 6.61. The third kappa shape index (κ3) is 2.96. The first-order valence-electron chi connectivity index (χ1n) is 4.47. The molecule has 0 radical (unpaired) electrons. The molecule has 0 unspecified atom stereocenters. The third-order valence-electron chi connectivity index (χ3n) is 1.62. The summed E-state index contributed by atoms with van der Waals surface area (Å²) < 4.78 is 0. The summed E-state index contributed by atoms with van der Waals surface area (Å²) in [5.74, 6) is -0.600. The number of hydrogen-bond donors (Lipinski definition) is 1. The number of hydrogen-bond acceptors (Lipinski definition) is 3.